The first-order valence-electron chi connectivity index (χ1n) is 8.71. The maximum atomic E-state index is 12.1. The van der Waals surface area contributed by atoms with E-state index in [-0.39, 0.29) is 11.9 Å². The molecule has 1 saturated heterocycles. The molecule has 1 atom stereocenters. The molecule has 1 aromatic heterocycles. The summed E-state index contributed by atoms with van der Waals surface area (Å²) in [5.74, 6) is 0.831. The lowest BCUT2D eigenvalue weighted by Gasteiger charge is -2.32. The fourth-order valence-electron chi connectivity index (χ4n) is 3.20. The molecule has 2 heterocycles. The molecule has 4 rings (SSSR count). The third-order valence-electron chi connectivity index (χ3n) is 4.72. The summed E-state index contributed by atoms with van der Waals surface area (Å²) in [4.78, 5) is 10.4. The van der Waals surface area contributed by atoms with Crippen LogP contribution in [0.2, 0.25) is 0 Å². The van der Waals surface area contributed by atoms with Gasteiger partial charge in [0, 0.05) is 6.54 Å². The maximum Gasteiger partial charge on any atom is 0.204 e. The molecule has 1 N–H and O–H groups in total. The predicted molar refractivity (Wildman–Crippen MR) is 101 cm³/mol. The summed E-state index contributed by atoms with van der Waals surface area (Å²) in [6, 6.07) is 15.2. The number of aromatic amines is 1. The van der Waals surface area contributed by atoms with Crippen molar-refractivity contribution in [2.45, 2.75) is 17.9 Å². The van der Waals surface area contributed by atoms with Gasteiger partial charge in [-0.15, -0.1) is 0 Å². The molecule has 3 aromatic rings. The quantitative estimate of drug-likeness (QED) is 0.763. The van der Waals surface area contributed by atoms with E-state index in [0.29, 0.717) is 18.0 Å². The van der Waals surface area contributed by atoms with Crippen molar-refractivity contribution >= 4 is 26.8 Å². The molecule has 0 spiro atoms. The van der Waals surface area contributed by atoms with Crippen LogP contribution in [0.5, 0.6) is 0 Å². The number of hydrogen-bond donors (Lipinski definition) is 1. The molecule has 0 aliphatic carbocycles. The van der Waals surface area contributed by atoms with Crippen LogP contribution in [0.1, 0.15) is 18.6 Å². The summed E-state index contributed by atoms with van der Waals surface area (Å²) >= 11 is 0. The Morgan fingerprint density at radius 1 is 1.23 bits per heavy atom. The molecule has 1 fully saturated rings. The monoisotopic (exact) mass is 371 g/mol. The van der Waals surface area contributed by atoms with Crippen LogP contribution in [0.3, 0.4) is 0 Å². The van der Waals surface area contributed by atoms with E-state index in [1.807, 2.05) is 18.2 Å². The van der Waals surface area contributed by atoms with Crippen molar-refractivity contribution in [1.82, 2.24) is 9.97 Å². The minimum Gasteiger partial charge on any atom is -0.370 e. The highest BCUT2D eigenvalue weighted by atomic mass is 32.2. The van der Waals surface area contributed by atoms with Crippen molar-refractivity contribution in [3.63, 3.8) is 0 Å². The minimum atomic E-state index is -3.23. The van der Waals surface area contributed by atoms with Gasteiger partial charge in [-0.1, -0.05) is 37.3 Å². The number of benzene rings is 2. The Morgan fingerprint density at radius 2 is 2.04 bits per heavy atom. The van der Waals surface area contributed by atoms with Crippen molar-refractivity contribution < 1.29 is 13.2 Å². The van der Waals surface area contributed by atoms with E-state index in [2.05, 4.69) is 27.0 Å². The zero-order valence-electron chi connectivity index (χ0n) is 14.6. The summed E-state index contributed by atoms with van der Waals surface area (Å²) < 4.78 is 30.1. The molecule has 1 aliphatic rings. The lowest BCUT2D eigenvalue weighted by molar-refractivity contribution is 0.0393. The summed E-state index contributed by atoms with van der Waals surface area (Å²) in [6.07, 6.45) is -0.00538. The van der Waals surface area contributed by atoms with Gasteiger partial charge in [0.05, 0.1) is 34.8 Å². The SMILES string of the molecule is CCS(=O)(=O)c1ccc2nc(N3CCO[C@H](c4ccccc4)C3)[nH]c2c1. The van der Waals surface area contributed by atoms with Crippen LogP contribution in [0.4, 0.5) is 5.95 Å². The number of rotatable bonds is 4. The molecule has 0 bridgehead atoms. The second kappa shape index (κ2) is 6.74. The first-order chi connectivity index (χ1) is 12.6. The number of H-pyrrole nitrogens is 1. The van der Waals surface area contributed by atoms with Crippen molar-refractivity contribution in [3.05, 3.63) is 54.1 Å². The Bertz CT molecular complexity index is 1010. The van der Waals surface area contributed by atoms with Gasteiger partial charge >= 0.3 is 0 Å². The molecule has 0 saturated carbocycles. The van der Waals surface area contributed by atoms with Crippen LogP contribution in [-0.4, -0.2) is 43.8 Å². The fraction of sp³-hybridized carbons (Fsp3) is 0.316. The van der Waals surface area contributed by atoms with Crippen molar-refractivity contribution in [2.24, 2.45) is 0 Å². The van der Waals surface area contributed by atoms with E-state index in [4.69, 9.17) is 4.74 Å². The summed E-state index contributed by atoms with van der Waals surface area (Å²) in [5.41, 5.74) is 2.64. The van der Waals surface area contributed by atoms with Gasteiger partial charge in [-0.2, -0.15) is 0 Å². The Hall–Kier alpha value is -2.38. The zero-order chi connectivity index (χ0) is 18.1. The Morgan fingerprint density at radius 3 is 2.81 bits per heavy atom. The van der Waals surface area contributed by atoms with Gasteiger partial charge in [0.15, 0.2) is 9.84 Å². The fourth-order valence-corrected chi connectivity index (χ4v) is 4.10. The average Bonchev–Trinajstić information content (AvgIpc) is 3.12. The molecular weight excluding hydrogens is 350 g/mol. The number of anilines is 1. The highest BCUT2D eigenvalue weighted by Crippen LogP contribution is 2.27. The van der Waals surface area contributed by atoms with E-state index in [0.717, 1.165) is 29.1 Å². The number of morpholine rings is 1. The smallest absolute Gasteiger partial charge is 0.204 e. The van der Waals surface area contributed by atoms with Crippen molar-refractivity contribution in [2.75, 3.05) is 30.3 Å². The van der Waals surface area contributed by atoms with Crippen LogP contribution in [0.25, 0.3) is 11.0 Å². The number of sulfone groups is 1. The lowest BCUT2D eigenvalue weighted by atomic mass is 10.1. The van der Waals surface area contributed by atoms with Gasteiger partial charge in [-0.25, -0.2) is 13.4 Å². The Labute approximate surface area is 152 Å². The molecule has 7 heteroatoms. The molecule has 6 nitrogen and oxygen atoms in total. The van der Waals surface area contributed by atoms with Gasteiger partial charge in [0.1, 0.15) is 6.10 Å². The number of aromatic nitrogens is 2. The topological polar surface area (TPSA) is 75.3 Å². The standard InChI is InChI=1S/C19H21N3O3S/c1-2-26(23,24)15-8-9-16-17(12-15)21-19(20-16)22-10-11-25-18(13-22)14-6-4-3-5-7-14/h3-9,12,18H,2,10-11,13H2,1H3,(H,20,21)/t18-/m0/s1. The number of nitrogens with one attached hydrogen (secondary N) is 1. The Balaban J connectivity index is 1.62. The predicted octanol–water partition coefficient (Wildman–Crippen LogP) is 2.93. The molecule has 0 radical (unpaired) electrons. The van der Waals surface area contributed by atoms with Gasteiger partial charge in [0.25, 0.3) is 0 Å². The van der Waals surface area contributed by atoms with E-state index >= 15 is 0 Å². The summed E-state index contributed by atoms with van der Waals surface area (Å²) in [5, 5.41) is 0. The second-order valence-electron chi connectivity index (χ2n) is 6.36. The van der Waals surface area contributed by atoms with Crippen LogP contribution in [0, 0.1) is 0 Å². The first-order valence-corrected chi connectivity index (χ1v) is 10.4. The number of imidazole rings is 1. The molecule has 2 aromatic carbocycles. The maximum absolute atomic E-state index is 12.1. The lowest BCUT2D eigenvalue weighted by Crippen LogP contribution is -2.39. The number of fused-ring (bicyclic) bond motifs is 1. The summed E-state index contributed by atoms with van der Waals surface area (Å²) in [6.45, 7) is 3.70. The van der Waals surface area contributed by atoms with Crippen molar-refractivity contribution in [3.8, 4) is 0 Å². The molecule has 26 heavy (non-hydrogen) atoms. The van der Waals surface area contributed by atoms with Gasteiger partial charge in [-0.3, -0.25) is 0 Å². The zero-order valence-corrected chi connectivity index (χ0v) is 15.4. The molecule has 0 amide bonds. The number of ether oxygens (including phenoxy) is 1. The summed E-state index contributed by atoms with van der Waals surface area (Å²) in [7, 11) is -3.23. The Kier molecular flexibility index (Phi) is 4.42. The van der Waals surface area contributed by atoms with E-state index < -0.39 is 9.84 Å². The highest BCUT2D eigenvalue weighted by Gasteiger charge is 2.24. The number of hydrogen-bond acceptors (Lipinski definition) is 5. The third kappa shape index (κ3) is 3.20. The van der Waals surface area contributed by atoms with Crippen LogP contribution < -0.4 is 4.90 Å². The molecular formula is C19H21N3O3S. The highest BCUT2D eigenvalue weighted by molar-refractivity contribution is 7.91. The van der Waals surface area contributed by atoms with Gasteiger partial charge in [0.2, 0.25) is 5.95 Å². The van der Waals surface area contributed by atoms with Crippen LogP contribution >= 0.6 is 0 Å². The largest absolute Gasteiger partial charge is 0.370 e. The molecule has 0 unspecified atom stereocenters. The molecule has 136 valence electrons. The van der Waals surface area contributed by atoms with Crippen LogP contribution in [0.15, 0.2) is 53.4 Å². The van der Waals surface area contributed by atoms with E-state index in [9.17, 15) is 8.42 Å². The van der Waals surface area contributed by atoms with Crippen molar-refractivity contribution in [1.29, 1.82) is 0 Å². The minimum absolute atomic E-state index is 0.00538. The second-order valence-corrected chi connectivity index (χ2v) is 8.64. The first kappa shape index (κ1) is 17.1. The average molecular weight is 371 g/mol. The van der Waals surface area contributed by atoms with E-state index in [1.165, 1.54) is 0 Å². The van der Waals surface area contributed by atoms with Gasteiger partial charge < -0.3 is 14.6 Å². The third-order valence-corrected chi connectivity index (χ3v) is 6.45. The van der Waals surface area contributed by atoms with Gasteiger partial charge in [-0.05, 0) is 23.8 Å². The molecule has 1 aliphatic heterocycles. The number of nitrogens with zero attached hydrogens (tertiary/aromatic N) is 2. The normalized spacial score (nSPS) is 18.3. The van der Waals surface area contributed by atoms with Crippen LogP contribution in [-0.2, 0) is 14.6 Å². The van der Waals surface area contributed by atoms with E-state index in [1.54, 1.807) is 25.1 Å².